The lowest BCUT2D eigenvalue weighted by Gasteiger charge is -2.40. The Morgan fingerprint density at radius 3 is 2.97 bits per heavy atom. The van der Waals surface area contributed by atoms with E-state index in [-0.39, 0.29) is 12.1 Å². The minimum atomic E-state index is -0.161. The first-order chi connectivity index (χ1) is 14.0. The third-order valence-corrected chi connectivity index (χ3v) is 7.28. The van der Waals surface area contributed by atoms with Crippen molar-refractivity contribution in [3.05, 3.63) is 44.9 Å². The van der Waals surface area contributed by atoms with Gasteiger partial charge < -0.3 is 0 Å². The Hall–Kier alpha value is -1.60. The molecule has 3 atom stereocenters. The molecule has 1 amide bonds. The molecule has 1 aromatic rings. The highest BCUT2D eigenvalue weighted by molar-refractivity contribution is 9.10. The summed E-state index contributed by atoms with van der Waals surface area (Å²) in [5.41, 5.74) is 2.05. The molecule has 4 rings (SSSR count). The Bertz CT molecular complexity index is 1000. The van der Waals surface area contributed by atoms with Gasteiger partial charge in [0.2, 0.25) is 0 Å². The standard InChI is InChI=1S/C22H27BrN4OS/c1-4-5-10-29-22-25-21(28)19-17-12-15(23)7-9-18(17)24-20(27(19)26-22)16-8-6-13(2)11-14(16)3/h6-7,9,12,14,16,20H,4-5,8,10-11H2,1-3H3,(H,25,26,28). The molecular weight excluding hydrogens is 448 g/mol. The monoisotopic (exact) mass is 474 g/mol. The molecule has 0 saturated heterocycles. The zero-order chi connectivity index (χ0) is 20.5. The van der Waals surface area contributed by atoms with Crippen LogP contribution >= 0.6 is 27.7 Å². The summed E-state index contributed by atoms with van der Waals surface area (Å²) in [4.78, 5) is 18.2. The predicted molar refractivity (Wildman–Crippen MR) is 123 cm³/mol. The van der Waals surface area contributed by atoms with E-state index in [0.29, 0.717) is 22.7 Å². The lowest BCUT2D eigenvalue weighted by Crippen LogP contribution is -2.55. The highest BCUT2D eigenvalue weighted by atomic mass is 79.9. The van der Waals surface area contributed by atoms with Gasteiger partial charge in [-0.05, 0) is 50.3 Å². The Morgan fingerprint density at radius 1 is 1.38 bits per heavy atom. The largest absolute Gasteiger partial charge is 0.298 e. The van der Waals surface area contributed by atoms with Crippen molar-refractivity contribution in [2.75, 3.05) is 5.75 Å². The van der Waals surface area contributed by atoms with Crippen molar-refractivity contribution in [1.29, 1.82) is 0 Å². The van der Waals surface area contributed by atoms with Crippen molar-refractivity contribution < 1.29 is 4.79 Å². The molecule has 0 aromatic heterocycles. The van der Waals surface area contributed by atoms with Crippen molar-refractivity contribution in [1.82, 2.24) is 10.3 Å². The number of carbonyl (C=O) groups is 1. The predicted octanol–water partition coefficient (Wildman–Crippen LogP) is 3.75. The van der Waals surface area contributed by atoms with Crippen molar-refractivity contribution in [2.24, 2.45) is 21.9 Å². The summed E-state index contributed by atoms with van der Waals surface area (Å²) in [7, 11) is 0. The second kappa shape index (κ2) is 8.64. The van der Waals surface area contributed by atoms with Crippen LogP contribution in [0.5, 0.6) is 0 Å². The van der Waals surface area contributed by atoms with Gasteiger partial charge >= 0.3 is 0 Å². The minimum Gasteiger partial charge on any atom is -0.298 e. The number of amides is 1. The molecule has 0 fully saturated rings. The minimum absolute atomic E-state index is 0.0894. The molecule has 2 heterocycles. The maximum Gasteiger partial charge on any atom is 0.276 e. The summed E-state index contributed by atoms with van der Waals surface area (Å²) < 4.78 is 0.932. The van der Waals surface area contributed by atoms with E-state index in [1.807, 2.05) is 23.2 Å². The van der Waals surface area contributed by atoms with Gasteiger partial charge in [0.15, 0.2) is 5.17 Å². The van der Waals surface area contributed by atoms with Crippen LogP contribution in [0.4, 0.5) is 0 Å². The molecule has 0 saturated carbocycles. The van der Waals surface area contributed by atoms with Gasteiger partial charge in [-0.15, -0.1) is 5.10 Å². The second-order valence-electron chi connectivity index (χ2n) is 8.09. The zero-order valence-electron chi connectivity index (χ0n) is 17.1. The molecule has 0 radical (unpaired) electrons. The summed E-state index contributed by atoms with van der Waals surface area (Å²) in [5.74, 6) is 1.67. The number of hydrogen-bond donors (Lipinski definition) is 1. The number of amidine groups is 1. The van der Waals surface area contributed by atoms with Crippen LogP contribution in [0.3, 0.4) is 0 Å². The lowest BCUT2D eigenvalue weighted by molar-refractivity contribution is -0.116. The summed E-state index contributed by atoms with van der Waals surface area (Å²) in [5, 5.41) is 12.2. The summed E-state index contributed by atoms with van der Waals surface area (Å²) in [6, 6.07) is 5.95. The molecule has 1 aromatic carbocycles. The molecule has 0 bridgehead atoms. The summed E-state index contributed by atoms with van der Waals surface area (Å²) in [6.07, 6.45) is 6.42. The fourth-order valence-corrected chi connectivity index (χ4v) is 5.56. The highest BCUT2D eigenvalue weighted by Gasteiger charge is 2.39. The number of nitrogens with one attached hydrogen (secondary N) is 1. The molecule has 0 spiro atoms. The highest BCUT2D eigenvalue weighted by Crippen LogP contribution is 2.36. The molecule has 3 aliphatic rings. The van der Waals surface area contributed by atoms with Gasteiger partial charge in [0, 0.05) is 21.4 Å². The van der Waals surface area contributed by atoms with E-state index >= 15 is 0 Å². The van der Waals surface area contributed by atoms with Gasteiger partial charge in [0.25, 0.3) is 5.91 Å². The van der Waals surface area contributed by atoms with Crippen LogP contribution in [-0.4, -0.2) is 28.0 Å². The van der Waals surface area contributed by atoms with Crippen molar-refractivity contribution in [3.8, 4) is 0 Å². The van der Waals surface area contributed by atoms with Crippen LogP contribution in [0.15, 0.2) is 44.4 Å². The number of hydrazone groups is 1. The first-order valence-corrected chi connectivity index (χ1v) is 12.1. The van der Waals surface area contributed by atoms with Gasteiger partial charge in [-0.3, -0.25) is 15.1 Å². The molecule has 2 aliphatic heterocycles. The second-order valence-corrected chi connectivity index (χ2v) is 10.1. The van der Waals surface area contributed by atoms with Crippen LogP contribution in [0.25, 0.3) is 5.70 Å². The van der Waals surface area contributed by atoms with Gasteiger partial charge in [-0.2, -0.15) is 0 Å². The molecule has 7 heteroatoms. The number of nitrogens with zero attached hydrogens (tertiary/aromatic N) is 3. The first-order valence-electron chi connectivity index (χ1n) is 10.3. The number of halogens is 1. The third-order valence-electron chi connectivity index (χ3n) is 5.83. The van der Waals surface area contributed by atoms with E-state index in [1.54, 1.807) is 11.8 Å². The van der Waals surface area contributed by atoms with E-state index in [1.165, 1.54) is 5.57 Å². The van der Waals surface area contributed by atoms with Gasteiger partial charge in [0.05, 0.1) is 5.36 Å². The Morgan fingerprint density at radius 2 is 2.21 bits per heavy atom. The smallest absolute Gasteiger partial charge is 0.276 e. The zero-order valence-corrected chi connectivity index (χ0v) is 19.5. The van der Waals surface area contributed by atoms with Crippen LogP contribution in [0, 0.1) is 11.8 Å². The number of rotatable bonds is 4. The topological polar surface area (TPSA) is 57.1 Å². The molecule has 5 nitrogen and oxygen atoms in total. The number of carbonyl (C=O) groups excluding carboxylic acids is 1. The molecule has 3 unspecified atom stereocenters. The number of hydrogen-bond acceptors (Lipinski definition) is 5. The van der Waals surface area contributed by atoms with Gasteiger partial charge in [0.1, 0.15) is 11.9 Å². The lowest BCUT2D eigenvalue weighted by atomic mass is 9.79. The Kier molecular flexibility index (Phi) is 6.16. The molecule has 1 aliphatic carbocycles. The normalized spacial score (nSPS) is 26.1. The van der Waals surface area contributed by atoms with Crippen molar-refractivity contribution in [3.63, 3.8) is 0 Å². The van der Waals surface area contributed by atoms with Crippen molar-refractivity contribution >= 4 is 44.5 Å². The quantitative estimate of drug-likeness (QED) is 0.533. The van der Waals surface area contributed by atoms with Gasteiger partial charge in [-0.25, -0.2) is 5.01 Å². The molecule has 1 N–H and O–H groups in total. The SMILES string of the molecule is CCCCSC1=NN2C(=c3cc(Br)ccc3=NC2C2CC=C(C)CC2C)C(=O)N1. The Balaban J connectivity index is 1.80. The van der Waals surface area contributed by atoms with Crippen LogP contribution in [-0.2, 0) is 4.79 Å². The maximum absolute atomic E-state index is 13.2. The van der Waals surface area contributed by atoms with E-state index in [0.717, 1.165) is 46.5 Å². The van der Waals surface area contributed by atoms with Crippen LogP contribution in [0.2, 0.25) is 0 Å². The average Bonchev–Trinajstić information content (AvgIpc) is 2.68. The average molecular weight is 475 g/mol. The van der Waals surface area contributed by atoms with E-state index in [2.05, 4.69) is 48.1 Å². The first kappa shape index (κ1) is 20.7. The third kappa shape index (κ3) is 4.17. The number of fused-ring (bicyclic) bond motifs is 2. The fourth-order valence-electron chi connectivity index (χ4n) is 4.26. The number of benzene rings is 1. The number of unbranched alkanes of at least 4 members (excludes halogenated alkanes) is 1. The van der Waals surface area contributed by atoms with Crippen LogP contribution < -0.4 is 15.9 Å². The van der Waals surface area contributed by atoms with Crippen molar-refractivity contribution in [2.45, 2.75) is 52.6 Å². The summed E-state index contributed by atoms with van der Waals surface area (Å²) in [6.45, 7) is 6.66. The van der Waals surface area contributed by atoms with Gasteiger partial charge in [-0.1, -0.05) is 59.6 Å². The maximum atomic E-state index is 13.2. The number of allylic oxidation sites excluding steroid dienone is 2. The molecular formula is C22H27BrN4OS. The Labute approximate surface area is 184 Å². The summed E-state index contributed by atoms with van der Waals surface area (Å²) >= 11 is 5.15. The number of thioether (sulfide) groups is 1. The fraction of sp³-hybridized carbons (Fsp3) is 0.500. The van der Waals surface area contributed by atoms with E-state index in [9.17, 15) is 4.79 Å². The van der Waals surface area contributed by atoms with Crippen LogP contribution in [0.1, 0.15) is 46.5 Å². The van der Waals surface area contributed by atoms with E-state index < -0.39 is 0 Å². The molecule has 29 heavy (non-hydrogen) atoms. The molecule has 154 valence electrons. The van der Waals surface area contributed by atoms with E-state index in [4.69, 9.17) is 10.1 Å².